The number of carboxylic acids is 1. The van der Waals surface area contributed by atoms with E-state index in [1.807, 2.05) is 7.05 Å². The standard InChI is InChI=1S/C11H16N2O2S/c1-11(2)6-12(3)9-8(16-11)5-7(10(14)15)13(9)4/h5H,6H2,1-4H3,(H,14,15). The van der Waals surface area contributed by atoms with Gasteiger partial charge in [0.15, 0.2) is 0 Å². The van der Waals surface area contributed by atoms with E-state index in [0.29, 0.717) is 5.69 Å². The minimum atomic E-state index is -0.872. The number of hydrogen-bond donors (Lipinski definition) is 1. The van der Waals surface area contributed by atoms with Crippen molar-refractivity contribution in [3.8, 4) is 0 Å². The SMILES string of the molecule is CN1CC(C)(C)Sc2cc(C(=O)O)n(C)c21. The van der Waals surface area contributed by atoms with Gasteiger partial charge in [-0.25, -0.2) is 4.79 Å². The van der Waals surface area contributed by atoms with Gasteiger partial charge in [-0.15, -0.1) is 11.8 Å². The maximum absolute atomic E-state index is 11.1. The zero-order valence-electron chi connectivity index (χ0n) is 9.94. The zero-order valence-corrected chi connectivity index (χ0v) is 10.8. The monoisotopic (exact) mass is 240 g/mol. The van der Waals surface area contributed by atoms with Crippen molar-refractivity contribution >= 4 is 23.5 Å². The first-order valence-electron chi connectivity index (χ1n) is 5.15. The smallest absolute Gasteiger partial charge is 0.352 e. The van der Waals surface area contributed by atoms with Crippen molar-refractivity contribution in [3.63, 3.8) is 0 Å². The molecule has 0 unspecified atom stereocenters. The van der Waals surface area contributed by atoms with Crippen LogP contribution in [0.15, 0.2) is 11.0 Å². The van der Waals surface area contributed by atoms with Gasteiger partial charge in [0.1, 0.15) is 11.5 Å². The molecule has 2 heterocycles. The molecule has 1 aliphatic rings. The van der Waals surface area contributed by atoms with E-state index < -0.39 is 5.97 Å². The second-order valence-corrected chi connectivity index (χ2v) is 6.55. The number of nitrogens with zero attached hydrogens (tertiary/aromatic N) is 2. The molecule has 0 spiro atoms. The summed E-state index contributed by atoms with van der Waals surface area (Å²) in [5.41, 5.74) is 0.349. The van der Waals surface area contributed by atoms with Gasteiger partial charge in [-0.3, -0.25) is 0 Å². The lowest BCUT2D eigenvalue weighted by Crippen LogP contribution is -2.38. The lowest BCUT2D eigenvalue weighted by atomic mass is 10.2. The lowest BCUT2D eigenvalue weighted by molar-refractivity contribution is 0.0686. The van der Waals surface area contributed by atoms with Gasteiger partial charge in [0.2, 0.25) is 0 Å². The molecule has 0 amide bonds. The fraction of sp³-hybridized carbons (Fsp3) is 0.545. The summed E-state index contributed by atoms with van der Waals surface area (Å²) in [6, 6.07) is 1.76. The van der Waals surface area contributed by atoms with Crippen molar-refractivity contribution in [1.82, 2.24) is 4.57 Å². The Labute approximate surface area is 99.2 Å². The highest BCUT2D eigenvalue weighted by Gasteiger charge is 2.33. The van der Waals surface area contributed by atoms with Gasteiger partial charge in [0.25, 0.3) is 0 Å². The highest BCUT2D eigenvalue weighted by atomic mass is 32.2. The van der Waals surface area contributed by atoms with Crippen LogP contribution in [0, 0.1) is 0 Å². The highest BCUT2D eigenvalue weighted by molar-refractivity contribution is 8.00. The van der Waals surface area contributed by atoms with Crippen molar-refractivity contribution < 1.29 is 9.90 Å². The largest absolute Gasteiger partial charge is 0.477 e. The van der Waals surface area contributed by atoms with Gasteiger partial charge in [0, 0.05) is 25.4 Å². The van der Waals surface area contributed by atoms with E-state index >= 15 is 0 Å². The number of anilines is 1. The van der Waals surface area contributed by atoms with E-state index in [2.05, 4.69) is 18.7 Å². The van der Waals surface area contributed by atoms with Crippen LogP contribution >= 0.6 is 11.8 Å². The van der Waals surface area contributed by atoms with Gasteiger partial charge in [-0.2, -0.15) is 0 Å². The maximum Gasteiger partial charge on any atom is 0.352 e. The molecule has 88 valence electrons. The number of rotatable bonds is 1. The minimum Gasteiger partial charge on any atom is -0.477 e. The lowest BCUT2D eigenvalue weighted by Gasteiger charge is -2.36. The fourth-order valence-corrected chi connectivity index (χ4v) is 3.67. The average molecular weight is 240 g/mol. The Morgan fingerprint density at radius 2 is 2.12 bits per heavy atom. The van der Waals surface area contributed by atoms with Crippen LogP contribution < -0.4 is 4.90 Å². The third-order valence-corrected chi connectivity index (χ3v) is 3.95. The van der Waals surface area contributed by atoms with Crippen LogP contribution in [0.4, 0.5) is 5.82 Å². The summed E-state index contributed by atoms with van der Waals surface area (Å²) in [6.45, 7) is 5.26. The molecule has 1 aromatic rings. The molecule has 1 aromatic heterocycles. The molecule has 0 saturated heterocycles. The Morgan fingerprint density at radius 1 is 1.50 bits per heavy atom. The van der Waals surface area contributed by atoms with Crippen LogP contribution in [0.2, 0.25) is 0 Å². The fourth-order valence-electron chi connectivity index (χ4n) is 2.27. The normalized spacial score (nSPS) is 18.4. The van der Waals surface area contributed by atoms with Crippen LogP contribution in [-0.2, 0) is 7.05 Å². The number of carbonyl (C=O) groups is 1. The van der Waals surface area contributed by atoms with E-state index in [1.165, 1.54) is 0 Å². The number of carboxylic acid groups (broad SMARTS) is 1. The number of aromatic nitrogens is 1. The van der Waals surface area contributed by atoms with E-state index in [4.69, 9.17) is 5.11 Å². The van der Waals surface area contributed by atoms with Crippen molar-refractivity contribution in [1.29, 1.82) is 0 Å². The summed E-state index contributed by atoms with van der Waals surface area (Å²) >= 11 is 1.74. The number of aromatic carboxylic acids is 1. The van der Waals surface area contributed by atoms with Gasteiger partial charge in [-0.05, 0) is 19.9 Å². The van der Waals surface area contributed by atoms with Gasteiger partial charge in [0.05, 0.1) is 4.90 Å². The summed E-state index contributed by atoms with van der Waals surface area (Å²) in [4.78, 5) is 14.2. The van der Waals surface area contributed by atoms with Crippen LogP contribution in [-0.4, -0.2) is 34.0 Å². The molecule has 0 saturated carbocycles. The topological polar surface area (TPSA) is 45.5 Å². The van der Waals surface area contributed by atoms with Crippen LogP contribution in [0.1, 0.15) is 24.3 Å². The Hall–Kier alpha value is -1.10. The van der Waals surface area contributed by atoms with Crippen molar-refractivity contribution in [3.05, 3.63) is 11.8 Å². The van der Waals surface area contributed by atoms with Crippen molar-refractivity contribution in [2.24, 2.45) is 7.05 Å². The summed E-state index contributed by atoms with van der Waals surface area (Å²) in [7, 11) is 3.81. The van der Waals surface area contributed by atoms with Crippen LogP contribution in [0.3, 0.4) is 0 Å². The third kappa shape index (κ3) is 1.69. The molecule has 4 nitrogen and oxygen atoms in total. The van der Waals surface area contributed by atoms with E-state index in [0.717, 1.165) is 17.3 Å². The summed E-state index contributed by atoms with van der Waals surface area (Å²) < 4.78 is 1.87. The molecule has 0 bridgehead atoms. The number of thioether (sulfide) groups is 1. The molecule has 16 heavy (non-hydrogen) atoms. The van der Waals surface area contributed by atoms with Crippen molar-refractivity contribution in [2.75, 3.05) is 18.5 Å². The summed E-state index contributed by atoms with van der Waals surface area (Å²) in [6.07, 6.45) is 0. The first kappa shape index (κ1) is 11.4. The molecular formula is C11H16N2O2S. The minimum absolute atomic E-state index is 0.124. The molecule has 1 aliphatic heterocycles. The second kappa shape index (κ2) is 3.45. The molecular weight excluding hydrogens is 224 g/mol. The Bertz CT molecular complexity index is 451. The quantitative estimate of drug-likeness (QED) is 0.816. The van der Waals surface area contributed by atoms with Crippen molar-refractivity contribution in [2.45, 2.75) is 23.5 Å². The van der Waals surface area contributed by atoms with E-state index in [1.54, 1.807) is 29.4 Å². The number of hydrogen-bond acceptors (Lipinski definition) is 3. The second-order valence-electron chi connectivity index (χ2n) is 4.80. The molecule has 0 fully saturated rings. The Balaban J connectivity index is 2.54. The highest BCUT2D eigenvalue weighted by Crippen LogP contribution is 2.44. The van der Waals surface area contributed by atoms with Gasteiger partial charge in [-0.1, -0.05) is 0 Å². The molecule has 0 aliphatic carbocycles. The molecule has 2 rings (SSSR count). The van der Waals surface area contributed by atoms with Crippen LogP contribution in [0.25, 0.3) is 0 Å². The Kier molecular flexibility index (Phi) is 2.45. The summed E-state index contributed by atoms with van der Waals surface area (Å²) in [5.74, 6) is 0.130. The third-order valence-electron chi connectivity index (χ3n) is 2.75. The molecule has 1 N–H and O–H groups in total. The number of fused-ring (bicyclic) bond motifs is 1. The molecule has 0 atom stereocenters. The van der Waals surface area contributed by atoms with Gasteiger partial charge >= 0.3 is 5.97 Å². The summed E-state index contributed by atoms with van der Waals surface area (Å²) in [5, 5.41) is 9.08. The predicted molar refractivity (Wildman–Crippen MR) is 65.6 cm³/mol. The molecule has 0 aromatic carbocycles. The molecule has 5 heteroatoms. The Morgan fingerprint density at radius 3 is 2.69 bits per heavy atom. The predicted octanol–water partition coefficient (Wildman–Crippen LogP) is 2.04. The van der Waals surface area contributed by atoms with E-state index in [9.17, 15) is 4.79 Å². The molecule has 0 radical (unpaired) electrons. The first-order chi connectivity index (χ1) is 7.32. The van der Waals surface area contributed by atoms with E-state index in [-0.39, 0.29) is 4.75 Å². The van der Waals surface area contributed by atoms with Gasteiger partial charge < -0.3 is 14.6 Å². The average Bonchev–Trinajstić information content (AvgIpc) is 2.40. The zero-order chi connectivity index (χ0) is 12.1. The maximum atomic E-state index is 11.1. The van der Waals surface area contributed by atoms with Crippen LogP contribution in [0.5, 0.6) is 0 Å². The first-order valence-corrected chi connectivity index (χ1v) is 5.96.